The number of rotatable bonds is 5. The molecule has 0 aliphatic rings. The highest BCUT2D eigenvalue weighted by molar-refractivity contribution is 7.15. The van der Waals surface area contributed by atoms with Crippen LogP contribution in [0.3, 0.4) is 0 Å². The van der Waals surface area contributed by atoms with Crippen LogP contribution in [0.25, 0.3) is 0 Å². The second-order valence-electron chi connectivity index (χ2n) is 5.54. The lowest BCUT2D eigenvalue weighted by Crippen LogP contribution is -2.14. The van der Waals surface area contributed by atoms with Gasteiger partial charge in [-0.15, -0.1) is 11.3 Å². The molecule has 3 rings (SSSR count). The number of thiazole rings is 1. The van der Waals surface area contributed by atoms with Crippen LogP contribution in [-0.2, 0) is 17.6 Å². The third-order valence-corrected chi connectivity index (χ3v) is 4.91. The van der Waals surface area contributed by atoms with Crippen molar-refractivity contribution in [3.05, 3.63) is 81.3 Å². The zero-order valence-electron chi connectivity index (χ0n) is 13.3. The lowest BCUT2D eigenvalue weighted by Gasteiger charge is -2.01. The number of aryl methyl sites for hydroxylation is 1. The second-order valence-corrected chi connectivity index (χ2v) is 7.06. The van der Waals surface area contributed by atoms with E-state index in [0.717, 1.165) is 33.1 Å². The van der Waals surface area contributed by atoms with E-state index in [0.29, 0.717) is 11.6 Å². The Bertz CT molecular complexity index is 846. The van der Waals surface area contributed by atoms with Crippen LogP contribution in [0.4, 0.5) is 5.13 Å². The molecule has 122 valence electrons. The molecule has 0 spiro atoms. The molecule has 2 aromatic carbocycles. The molecule has 0 aliphatic heterocycles. The minimum absolute atomic E-state index is 0.0516. The van der Waals surface area contributed by atoms with Crippen molar-refractivity contribution in [2.24, 2.45) is 0 Å². The topological polar surface area (TPSA) is 42.0 Å². The monoisotopic (exact) mass is 356 g/mol. The van der Waals surface area contributed by atoms with Crippen LogP contribution >= 0.6 is 22.9 Å². The van der Waals surface area contributed by atoms with Crippen LogP contribution in [0.2, 0.25) is 5.02 Å². The normalized spacial score (nSPS) is 10.6. The third-order valence-electron chi connectivity index (χ3n) is 3.60. The fourth-order valence-corrected chi connectivity index (χ4v) is 3.65. The van der Waals surface area contributed by atoms with E-state index in [9.17, 15) is 4.79 Å². The van der Waals surface area contributed by atoms with Gasteiger partial charge in [0.2, 0.25) is 5.91 Å². The maximum atomic E-state index is 12.1. The fourth-order valence-electron chi connectivity index (χ4n) is 2.42. The highest BCUT2D eigenvalue weighted by Crippen LogP contribution is 2.26. The first-order valence-electron chi connectivity index (χ1n) is 7.64. The van der Waals surface area contributed by atoms with E-state index in [1.54, 1.807) is 0 Å². The van der Waals surface area contributed by atoms with Crippen molar-refractivity contribution in [3.8, 4) is 0 Å². The lowest BCUT2D eigenvalue weighted by atomic mass is 10.1. The van der Waals surface area contributed by atoms with Crippen molar-refractivity contribution in [1.82, 2.24) is 4.98 Å². The molecule has 0 saturated heterocycles. The maximum absolute atomic E-state index is 12.1. The molecule has 1 heterocycles. The number of hydrogen-bond donors (Lipinski definition) is 1. The fraction of sp³-hybridized carbons (Fsp3) is 0.158. The summed E-state index contributed by atoms with van der Waals surface area (Å²) in [6, 6.07) is 17.5. The van der Waals surface area contributed by atoms with Gasteiger partial charge in [-0.05, 0) is 30.2 Å². The summed E-state index contributed by atoms with van der Waals surface area (Å²) in [6.07, 6.45) is 1.11. The summed E-state index contributed by atoms with van der Waals surface area (Å²) in [5.74, 6) is -0.0516. The highest BCUT2D eigenvalue weighted by Gasteiger charge is 2.11. The summed E-state index contributed by atoms with van der Waals surface area (Å²) >= 11 is 7.55. The molecular weight excluding hydrogens is 340 g/mol. The number of anilines is 1. The molecule has 0 radical (unpaired) electrons. The van der Waals surface area contributed by atoms with E-state index in [-0.39, 0.29) is 5.91 Å². The van der Waals surface area contributed by atoms with Gasteiger partial charge in [-0.3, -0.25) is 4.79 Å². The highest BCUT2D eigenvalue weighted by atomic mass is 35.5. The standard InChI is InChI=1S/C19H17ClN2OS/c1-13-17(11-15-8-5-9-16(20)10-15)24-19(21-13)22-18(23)12-14-6-3-2-4-7-14/h2-10H,11-12H2,1H3,(H,21,22,23). The Morgan fingerprint density at radius 1 is 1.12 bits per heavy atom. The minimum Gasteiger partial charge on any atom is -0.302 e. The Balaban J connectivity index is 1.66. The number of halogens is 1. The van der Waals surface area contributed by atoms with Crippen molar-refractivity contribution in [1.29, 1.82) is 0 Å². The first kappa shape index (κ1) is 16.7. The van der Waals surface area contributed by atoms with Crippen LogP contribution in [-0.4, -0.2) is 10.9 Å². The van der Waals surface area contributed by atoms with Crippen LogP contribution in [0, 0.1) is 6.92 Å². The number of hydrogen-bond acceptors (Lipinski definition) is 3. The molecule has 0 bridgehead atoms. The van der Waals surface area contributed by atoms with Gasteiger partial charge in [0.15, 0.2) is 5.13 Å². The zero-order valence-corrected chi connectivity index (χ0v) is 14.8. The Hall–Kier alpha value is -2.17. The molecule has 3 nitrogen and oxygen atoms in total. The number of amides is 1. The zero-order chi connectivity index (χ0) is 16.9. The van der Waals surface area contributed by atoms with Crippen LogP contribution in [0.15, 0.2) is 54.6 Å². The summed E-state index contributed by atoms with van der Waals surface area (Å²) in [5.41, 5.74) is 3.06. The molecule has 1 amide bonds. The molecule has 0 aliphatic carbocycles. The van der Waals surface area contributed by atoms with Gasteiger partial charge in [0.1, 0.15) is 0 Å². The maximum Gasteiger partial charge on any atom is 0.230 e. The van der Waals surface area contributed by atoms with Gasteiger partial charge in [0.05, 0.1) is 12.1 Å². The van der Waals surface area contributed by atoms with Crippen molar-refractivity contribution in [2.75, 3.05) is 5.32 Å². The Morgan fingerprint density at radius 2 is 1.88 bits per heavy atom. The Morgan fingerprint density at radius 3 is 2.62 bits per heavy atom. The Labute approximate surface area is 150 Å². The molecular formula is C19H17ClN2OS. The molecule has 1 aromatic heterocycles. The predicted octanol–water partition coefficient (Wildman–Crippen LogP) is 4.88. The summed E-state index contributed by atoms with van der Waals surface area (Å²) in [6.45, 7) is 1.96. The third kappa shape index (κ3) is 4.43. The largest absolute Gasteiger partial charge is 0.302 e. The van der Waals surface area contributed by atoms with Gasteiger partial charge in [0.25, 0.3) is 0 Å². The molecule has 5 heteroatoms. The van der Waals surface area contributed by atoms with Crippen molar-refractivity contribution >= 4 is 34.0 Å². The smallest absolute Gasteiger partial charge is 0.230 e. The van der Waals surface area contributed by atoms with Crippen LogP contribution < -0.4 is 5.32 Å². The molecule has 0 fully saturated rings. The van der Waals surface area contributed by atoms with Gasteiger partial charge >= 0.3 is 0 Å². The number of aromatic nitrogens is 1. The Kier molecular flexibility index (Phi) is 5.28. The van der Waals surface area contributed by atoms with E-state index in [1.807, 2.05) is 61.5 Å². The second kappa shape index (κ2) is 7.60. The summed E-state index contributed by atoms with van der Waals surface area (Å²) in [4.78, 5) is 17.7. The predicted molar refractivity (Wildman–Crippen MR) is 99.9 cm³/mol. The molecule has 0 unspecified atom stereocenters. The number of nitrogens with one attached hydrogen (secondary N) is 1. The summed E-state index contributed by atoms with van der Waals surface area (Å²) in [7, 11) is 0. The lowest BCUT2D eigenvalue weighted by molar-refractivity contribution is -0.115. The van der Waals surface area contributed by atoms with E-state index in [1.165, 1.54) is 11.3 Å². The van der Waals surface area contributed by atoms with Gasteiger partial charge in [-0.2, -0.15) is 0 Å². The number of carbonyl (C=O) groups is 1. The number of nitrogens with zero attached hydrogens (tertiary/aromatic N) is 1. The van der Waals surface area contributed by atoms with Crippen molar-refractivity contribution in [2.45, 2.75) is 19.8 Å². The number of carbonyl (C=O) groups excluding carboxylic acids is 1. The van der Waals surface area contributed by atoms with Crippen LogP contribution in [0.5, 0.6) is 0 Å². The molecule has 3 aromatic rings. The summed E-state index contributed by atoms with van der Waals surface area (Å²) < 4.78 is 0. The molecule has 0 atom stereocenters. The number of benzene rings is 2. The average Bonchev–Trinajstić information content (AvgIpc) is 2.87. The van der Waals surface area contributed by atoms with Crippen LogP contribution in [0.1, 0.15) is 21.7 Å². The van der Waals surface area contributed by atoms with Gasteiger partial charge in [-0.1, -0.05) is 54.1 Å². The molecule has 24 heavy (non-hydrogen) atoms. The average molecular weight is 357 g/mol. The van der Waals surface area contributed by atoms with E-state index < -0.39 is 0 Å². The van der Waals surface area contributed by atoms with Crippen molar-refractivity contribution in [3.63, 3.8) is 0 Å². The molecule has 1 N–H and O–H groups in total. The van der Waals surface area contributed by atoms with E-state index >= 15 is 0 Å². The first-order valence-corrected chi connectivity index (χ1v) is 8.84. The van der Waals surface area contributed by atoms with E-state index in [4.69, 9.17) is 11.6 Å². The van der Waals surface area contributed by atoms with Gasteiger partial charge < -0.3 is 5.32 Å². The summed E-state index contributed by atoms with van der Waals surface area (Å²) in [5, 5.41) is 4.26. The quantitative estimate of drug-likeness (QED) is 0.708. The van der Waals surface area contributed by atoms with Crippen molar-refractivity contribution < 1.29 is 4.79 Å². The first-order chi connectivity index (χ1) is 11.6. The van der Waals surface area contributed by atoms with Gasteiger partial charge in [0, 0.05) is 16.3 Å². The minimum atomic E-state index is -0.0516. The van der Waals surface area contributed by atoms with Gasteiger partial charge in [-0.25, -0.2) is 4.98 Å². The van der Waals surface area contributed by atoms with E-state index in [2.05, 4.69) is 10.3 Å². The molecule has 0 saturated carbocycles. The SMILES string of the molecule is Cc1nc(NC(=O)Cc2ccccc2)sc1Cc1cccc(Cl)c1.